The van der Waals surface area contributed by atoms with Crippen molar-refractivity contribution >= 4 is 23.3 Å². The van der Waals surface area contributed by atoms with Crippen LogP contribution in [0, 0.1) is 5.82 Å². The maximum absolute atomic E-state index is 13.7. The smallest absolute Gasteiger partial charge is 0.320 e. The molecule has 1 aromatic heterocycles. The highest BCUT2D eigenvalue weighted by atomic mass is 35.5. The van der Waals surface area contributed by atoms with Crippen molar-refractivity contribution in [2.45, 2.75) is 19.9 Å². The van der Waals surface area contributed by atoms with Gasteiger partial charge >= 0.3 is 6.01 Å². The predicted octanol–water partition coefficient (Wildman–Crippen LogP) is 3.28. The Labute approximate surface area is 115 Å². The molecule has 2 aromatic rings. The van der Waals surface area contributed by atoms with E-state index in [0.29, 0.717) is 5.89 Å². The first kappa shape index (κ1) is 13.8. The highest BCUT2D eigenvalue weighted by Gasteiger charge is 2.14. The summed E-state index contributed by atoms with van der Waals surface area (Å²) < 4.78 is 19.1. The van der Waals surface area contributed by atoms with Gasteiger partial charge in [-0.15, -0.1) is 5.10 Å². The Balaban J connectivity index is 2.14. The predicted molar refractivity (Wildman–Crippen MR) is 71.1 cm³/mol. The fourth-order valence-electron chi connectivity index (χ4n) is 1.57. The van der Waals surface area contributed by atoms with E-state index in [-0.39, 0.29) is 22.8 Å². The Morgan fingerprint density at radius 3 is 2.95 bits per heavy atom. The van der Waals surface area contributed by atoms with Gasteiger partial charge in [-0.05, 0) is 25.6 Å². The Bertz CT molecular complexity index is 560. The molecule has 0 spiro atoms. The molecule has 0 bridgehead atoms. The van der Waals surface area contributed by atoms with Gasteiger partial charge in [0.1, 0.15) is 0 Å². The summed E-state index contributed by atoms with van der Waals surface area (Å²) in [5, 5.41) is 13.6. The number of nitrogens with one attached hydrogen (secondary N) is 2. The molecule has 0 amide bonds. The molecule has 2 rings (SSSR count). The molecule has 5 nitrogen and oxygen atoms in total. The minimum absolute atomic E-state index is 0.0331. The zero-order valence-electron chi connectivity index (χ0n) is 10.6. The molecule has 1 unspecified atom stereocenters. The van der Waals surface area contributed by atoms with Gasteiger partial charge in [0, 0.05) is 0 Å². The van der Waals surface area contributed by atoms with E-state index in [1.165, 1.54) is 6.07 Å². The fourth-order valence-corrected chi connectivity index (χ4v) is 1.74. The normalized spacial score (nSPS) is 12.4. The van der Waals surface area contributed by atoms with Crippen LogP contribution in [0.5, 0.6) is 0 Å². The second-order valence-corrected chi connectivity index (χ2v) is 4.36. The summed E-state index contributed by atoms with van der Waals surface area (Å²) in [4.78, 5) is 0. The molecule has 0 aliphatic heterocycles. The van der Waals surface area contributed by atoms with Gasteiger partial charge in [0.05, 0.1) is 16.8 Å². The summed E-state index contributed by atoms with van der Waals surface area (Å²) in [5.74, 6) is -0.115. The number of nitrogens with zero attached hydrogens (tertiary/aromatic N) is 2. The molecular formula is C12H14ClFN4O. The van der Waals surface area contributed by atoms with E-state index in [0.717, 1.165) is 6.54 Å². The number of hydrogen-bond donors (Lipinski definition) is 2. The third-order valence-corrected chi connectivity index (χ3v) is 2.81. The minimum Gasteiger partial charge on any atom is -0.406 e. The quantitative estimate of drug-likeness (QED) is 0.882. The van der Waals surface area contributed by atoms with Crippen molar-refractivity contribution in [3.8, 4) is 0 Å². The van der Waals surface area contributed by atoms with Crippen LogP contribution in [-0.4, -0.2) is 16.7 Å². The molecule has 0 fully saturated rings. The standard InChI is InChI=1S/C12H14ClFN4O/c1-3-15-7(2)11-17-18-12(19-11)16-9-6-4-5-8(13)10(9)14/h4-7,15H,3H2,1-2H3,(H,16,18). The first-order valence-corrected chi connectivity index (χ1v) is 6.27. The van der Waals surface area contributed by atoms with Gasteiger partial charge in [-0.3, -0.25) is 0 Å². The number of aromatic nitrogens is 2. The lowest BCUT2D eigenvalue weighted by atomic mass is 10.3. The van der Waals surface area contributed by atoms with Crippen LogP contribution in [0.15, 0.2) is 22.6 Å². The van der Waals surface area contributed by atoms with Crippen LogP contribution in [0.1, 0.15) is 25.8 Å². The summed E-state index contributed by atoms with van der Waals surface area (Å²) in [6, 6.07) is 4.71. The molecule has 19 heavy (non-hydrogen) atoms. The number of hydrogen-bond acceptors (Lipinski definition) is 5. The zero-order valence-corrected chi connectivity index (χ0v) is 11.3. The molecule has 2 N–H and O–H groups in total. The van der Waals surface area contributed by atoms with E-state index in [9.17, 15) is 4.39 Å². The van der Waals surface area contributed by atoms with Crippen molar-refractivity contribution in [2.24, 2.45) is 0 Å². The lowest BCUT2D eigenvalue weighted by Gasteiger charge is -2.06. The Kier molecular flexibility index (Phi) is 4.34. The molecule has 0 radical (unpaired) electrons. The van der Waals surface area contributed by atoms with E-state index >= 15 is 0 Å². The number of rotatable bonds is 5. The van der Waals surface area contributed by atoms with Crippen molar-refractivity contribution in [3.63, 3.8) is 0 Å². The van der Waals surface area contributed by atoms with E-state index < -0.39 is 5.82 Å². The summed E-state index contributed by atoms with van der Waals surface area (Å²) in [6.07, 6.45) is 0. The second-order valence-electron chi connectivity index (χ2n) is 3.95. The largest absolute Gasteiger partial charge is 0.406 e. The summed E-state index contributed by atoms with van der Waals surface area (Å²) >= 11 is 5.69. The third kappa shape index (κ3) is 3.21. The highest BCUT2D eigenvalue weighted by Crippen LogP contribution is 2.25. The van der Waals surface area contributed by atoms with Gasteiger partial charge < -0.3 is 15.1 Å². The number of benzene rings is 1. The monoisotopic (exact) mass is 284 g/mol. The zero-order chi connectivity index (χ0) is 13.8. The topological polar surface area (TPSA) is 63.0 Å². The maximum Gasteiger partial charge on any atom is 0.320 e. The van der Waals surface area contributed by atoms with Gasteiger partial charge in [0.25, 0.3) is 0 Å². The molecule has 1 aromatic carbocycles. The van der Waals surface area contributed by atoms with Crippen molar-refractivity contribution in [3.05, 3.63) is 34.9 Å². The minimum atomic E-state index is -0.552. The van der Waals surface area contributed by atoms with E-state index in [1.807, 2.05) is 13.8 Å². The number of anilines is 2. The van der Waals surface area contributed by atoms with Crippen molar-refractivity contribution in [1.29, 1.82) is 0 Å². The SMILES string of the molecule is CCNC(C)c1nnc(Nc2cccc(Cl)c2F)o1. The summed E-state index contributed by atoms with van der Waals surface area (Å²) in [7, 11) is 0. The van der Waals surface area contributed by atoms with Gasteiger partial charge in [-0.1, -0.05) is 29.7 Å². The van der Waals surface area contributed by atoms with Crippen LogP contribution in [-0.2, 0) is 0 Å². The van der Waals surface area contributed by atoms with Gasteiger partial charge in [-0.2, -0.15) is 0 Å². The van der Waals surface area contributed by atoms with Crippen LogP contribution in [0.4, 0.5) is 16.1 Å². The number of halogens is 2. The molecule has 0 aliphatic rings. The molecular weight excluding hydrogens is 271 g/mol. The Hall–Kier alpha value is -1.66. The fraction of sp³-hybridized carbons (Fsp3) is 0.333. The molecule has 102 valence electrons. The molecule has 7 heteroatoms. The lowest BCUT2D eigenvalue weighted by Crippen LogP contribution is -2.17. The molecule has 0 aliphatic carbocycles. The van der Waals surface area contributed by atoms with Gasteiger partial charge in [-0.25, -0.2) is 4.39 Å². The van der Waals surface area contributed by atoms with Crippen molar-refractivity contribution < 1.29 is 8.81 Å². The second kappa shape index (κ2) is 5.99. The van der Waals surface area contributed by atoms with Crippen LogP contribution in [0.2, 0.25) is 5.02 Å². The maximum atomic E-state index is 13.7. The molecule has 0 saturated heterocycles. The van der Waals surface area contributed by atoms with E-state index in [4.69, 9.17) is 16.0 Å². The van der Waals surface area contributed by atoms with Crippen molar-refractivity contribution in [2.75, 3.05) is 11.9 Å². The molecule has 1 heterocycles. The lowest BCUT2D eigenvalue weighted by molar-refractivity contribution is 0.430. The molecule has 0 saturated carbocycles. The Morgan fingerprint density at radius 2 is 2.21 bits per heavy atom. The van der Waals surface area contributed by atoms with E-state index in [2.05, 4.69) is 20.8 Å². The third-order valence-electron chi connectivity index (χ3n) is 2.51. The van der Waals surface area contributed by atoms with E-state index in [1.54, 1.807) is 12.1 Å². The van der Waals surface area contributed by atoms with Gasteiger partial charge in [0.2, 0.25) is 5.89 Å². The Morgan fingerprint density at radius 1 is 1.42 bits per heavy atom. The van der Waals surface area contributed by atoms with Crippen LogP contribution in [0.3, 0.4) is 0 Å². The van der Waals surface area contributed by atoms with Crippen molar-refractivity contribution in [1.82, 2.24) is 15.5 Å². The first-order chi connectivity index (χ1) is 9.11. The van der Waals surface area contributed by atoms with Gasteiger partial charge in [0.15, 0.2) is 5.82 Å². The molecule has 1 atom stereocenters. The highest BCUT2D eigenvalue weighted by molar-refractivity contribution is 6.31. The average Bonchev–Trinajstić information content (AvgIpc) is 2.84. The first-order valence-electron chi connectivity index (χ1n) is 5.89. The van der Waals surface area contributed by atoms with Crippen LogP contribution < -0.4 is 10.6 Å². The summed E-state index contributed by atoms with van der Waals surface area (Å²) in [6.45, 7) is 4.67. The summed E-state index contributed by atoms with van der Waals surface area (Å²) in [5.41, 5.74) is 0.193. The van der Waals surface area contributed by atoms with Crippen LogP contribution in [0.25, 0.3) is 0 Å². The van der Waals surface area contributed by atoms with Crippen LogP contribution >= 0.6 is 11.6 Å². The average molecular weight is 285 g/mol.